The predicted molar refractivity (Wildman–Crippen MR) is 88.3 cm³/mol. The molecule has 2 fully saturated rings. The van der Waals surface area contributed by atoms with Crippen molar-refractivity contribution >= 4 is 0 Å². The van der Waals surface area contributed by atoms with Crippen LogP contribution >= 0.6 is 0 Å². The van der Waals surface area contributed by atoms with Crippen molar-refractivity contribution in [3.63, 3.8) is 0 Å². The quantitative estimate of drug-likeness (QED) is 0.927. The highest BCUT2D eigenvalue weighted by Gasteiger charge is 2.48. The first-order chi connectivity index (χ1) is 10.8. The van der Waals surface area contributed by atoms with E-state index >= 15 is 0 Å². The van der Waals surface area contributed by atoms with E-state index in [9.17, 15) is 5.11 Å². The standard InChI is InChI=1S/C20H23NO/c22-20(16-9-5-2-6-10-16)19-17-11-12-18(13-17)21(19)14-15-7-3-1-4-8-15/h1-10,17-20,22H,11-14H2/t17-,18+,19-,20+/m1/s1. The molecule has 1 aliphatic heterocycles. The van der Waals surface area contributed by atoms with Gasteiger partial charge in [-0.05, 0) is 36.3 Å². The van der Waals surface area contributed by atoms with Crippen molar-refractivity contribution in [1.82, 2.24) is 4.90 Å². The van der Waals surface area contributed by atoms with Crippen molar-refractivity contribution < 1.29 is 5.11 Å². The van der Waals surface area contributed by atoms with Gasteiger partial charge in [-0.25, -0.2) is 0 Å². The number of rotatable bonds is 4. The summed E-state index contributed by atoms with van der Waals surface area (Å²) in [5.41, 5.74) is 2.40. The summed E-state index contributed by atoms with van der Waals surface area (Å²) in [5.74, 6) is 0.643. The van der Waals surface area contributed by atoms with Crippen molar-refractivity contribution in [2.75, 3.05) is 0 Å². The van der Waals surface area contributed by atoms with Gasteiger partial charge in [-0.1, -0.05) is 60.7 Å². The average Bonchev–Trinajstić information content (AvgIpc) is 3.17. The normalized spacial score (nSPS) is 28.9. The Hall–Kier alpha value is -1.64. The van der Waals surface area contributed by atoms with Crippen LogP contribution in [0.5, 0.6) is 0 Å². The van der Waals surface area contributed by atoms with Crippen molar-refractivity contribution in [2.24, 2.45) is 5.92 Å². The molecule has 0 unspecified atom stereocenters. The fourth-order valence-corrected chi connectivity index (χ4v) is 4.43. The van der Waals surface area contributed by atoms with E-state index in [1.807, 2.05) is 18.2 Å². The molecule has 2 heteroatoms. The molecule has 4 rings (SSSR count). The zero-order valence-corrected chi connectivity index (χ0v) is 12.8. The molecule has 1 saturated heterocycles. The van der Waals surface area contributed by atoms with Crippen LogP contribution in [0.2, 0.25) is 0 Å². The minimum Gasteiger partial charge on any atom is -0.387 e. The van der Waals surface area contributed by atoms with Gasteiger partial charge in [0.2, 0.25) is 0 Å². The van der Waals surface area contributed by atoms with Gasteiger partial charge in [0.15, 0.2) is 0 Å². The number of aliphatic hydroxyl groups is 1. The van der Waals surface area contributed by atoms with E-state index in [-0.39, 0.29) is 12.1 Å². The molecule has 22 heavy (non-hydrogen) atoms. The van der Waals surface area contributed by atoms with Crippen molar-refractivity contribution in [3.05, 3.63) is 71.8 Å². The van der Waals surface area contributed by atoms with Gasteiger partial charge in [0.25, 0.3) is 0 Å². The topological polar surface area (TPSA) is 23.5 Å². The van der Waals surface area contributed by atoms with E-state index in [4.69, 9.17) is 0 Å². The van der Waals surface area contributed by atoms with Crippen molar-refractivity contribution in [2.45, 2.75) is 44.0 Å². The molecule has 1 saturated carbocycles. The summed E-state index contributed by atoms with van der Waals surface area (Å²) in [6.07, 6.45) is 3.43. The highest BCUT2D eigenvalue weighted by molar-refractivity contribution is 5.22. The Kier molecular flexibility index (Phi) is 3.73. The Balaban J connectivity index is 1.59. The number of hydrogen-bond acceptors (Lipinski definition) is 2. The average molecular weight is 293 g/mol. The lowest BCUT2D eigenvalue weighted by Crippen LogP contribution is -2.43. The summed E-state index contributed by atoms with van der Waals surface area (Å²) in [5, 5.41) is 10.9. The van der Waals surface area contributed by atoms with Gasteiger partial charge >= 0.3 is 0 Å². The Morgan fingerprint density at radius 3 is 2.36 bits per heavy atom. The van der Waals surface area contributed by atoms with E-state index in [0.717, 1.165) is 12.1 Å². The molecule has 0 aromatic heterocycles. The third-order valence-corrected chi connectivity index (χ3v) is 5.45. The van der Waals surface area contributed by atoms with Crippen LogP contribution in [0.3, 0.4) is 0 Å². The highest BCUT2D eigenvalue weighted by Crippen LogP contribution is 2.47. The third kappa shape index (κ3) is 2.47. The molecule has 4 atom stereocenters. The molecular weight excluding hydrogens is 270 g/mol. The van der Waals surface area contributed by atoms with Gasteiger partial charge in [0, 0.05) is 18.6 Å². The number of aliphatic hydroxyl groups excluding tert-OH is 1. The molecule has 2 aromatic rings. The molecule has 0 amide bonds. The smallest absolute Gasteiger partial charge is 0.0948 e. The van der Waals surface area contributed by atoms with Gasteiger partial charge < -0.3 is 5.11 Å². The maximum atomic E-state index is 10.9. The molecule has 1 aliphatic carbocycles. The van der Waals surface area contributed by atoms with Crippen LogP contribution in [0.25, 0.3) is 0 Å². The summed E-state index contributed by atoms with van der Waals surface area (Å²) in [4.78, 5) is 2.56. The highest BCUT2D eigenvalue weighted by atomic mass is 16.3. The van der Waals surface area contributed by atoms with Crippen LogP contribution < -0.4 is 0 Å². The molecule has 114 valence electrons. The van der Waals surface area contributed by atoms with Gasteiger partial charge in [0.05, 0.1) is 6.10 Å². The maximum Gasteiger partial charge on any atom is 0.0948 e. The van der Waals surface area contributed by atoms with E-state index in [1.54, 1.807) is 0 Å². The first kappa shape index (κ1) is 14.0. The number of nitrogens with zero attached hydrogens (tertiary/aromatic N) is 1. The molecular formula is C20H23NO. The van der Waals surface area contributed by atoms with Gasteiger partial charge in [-0.15, -0.1) is 0 Å². The Bertz CT molecular complexity index is 612. The van der Waals surface area contributed by atoms with Crippen LogP contribution in [-0.4, -0.2) is 22.1 Å². The summed E-state index contributed by atoms with van der Waals surface area (Å²) in [6, 6.07) is 21.7. The molecule has 1 N–H and O–H groups in total. The van der Waals surface area contributed by atoms with E-state index in [1.165, 1.54) is 24.8 Å². The number of likely N-dealkylation sites (tertiary alicyclic amines) is 1. The minimum absolute atomic E-state index is 0.265. The summed E-state index contributed by atoms with van der Waals surface area (Å²) in [7, 11) is 0. The zero-order chi connectivity index (χ0) is 14.9. The largest absolute Gasteiger partial charge is 0.387 e. The first-order valence-electron chi connectivity index (χ1n) is 8.35. The van der Waals surface area contributed by atoms with Gasteiger partial charge in [-0.3, -0.25) is 4.90 Å². The Morgan fingerprint density at radius 1 is 0.955 bits per heavy atom. The monoisotopic (exact) mass is 293 g/mol. The zero-order valence-electron chi connectivity index (χ0n) is 12.8. The number of fused-ring (bicyclic) bond motifs is 2. The van der Waals surface area contributed by atoms with E-state index in [0.29, 0.717) is 12.0 Å². The number of piperidine rings is 1. The molecule has 2 nitrogen and oxygen atoms in total. The van der Waals surface area contributed by atoms with Crippen molar-refractivity contribution in [1.29, 1.82) is 0 Å². The molecule has 2 bridgehead atoms. The fraction of sp³-hybridized carbons (Fsp3) is 0.400. The minimum atomic E-state index is -0.375. The van der Waals surface area contributed by atoms with E-state index in [2.05, 4.69) is 47.4 Å². The summed E-state index contributed by atoms with van der Waals surface area (Å²) >= 11 is 0. The third-order valence-electron chi connectivity index (χ3n) is 5.45. The SMILES string of the molecule is O[C@@H](c1ccccc1)[C@H]1[C@@H]2CC[C@@H](C2)N1Cc1ccccc1. The molecule has 0 spiro atoms. The molecule has 1 heterocycles. The van der Waals surface area contributed by atoms with Gasteiger partial charge in [0.1, 0.15) is 0 Å². The lowest BCUT2D eigenvalue weighted by molar-refractivity contribution is 0.0156. The molecule has 2 aromatic carbocycles. The van der Waals surface area contributed by atoms with Crippen LogP contribution in [0.1, 0.15) is 36.5 Å². The Labute approximate surface area is 132 Å². The Morgan fingerprint density at radius 2 is 1.64 bits per heavy atom. The molecule has 2 aliphatic rings. The summed E-state index contributed by atoms with van der Waals surface area (Å²) < 4.78 is 0. The van der Waals surface area contributed by atoms with Crippen LogP contribution in [0.15, 0.2) is 60.7 Å². The lowest BCUT2D eigenvalue weighted by atomic mass is 9.90. The van der Waals surface area contributed by atoms with Crippen molar-refractivity contribution in [3.8, 4) is 0 Å². The molecule has 0 radical (unpaired) electrons. The second-order valence-corrected chi connectivity index (χ2v) is 6.73. The predicted octanol–water partition coefficient (Wildman–Crippen LogP) is 3.77. The second kappa shape index (κ2) is 5.86. The maximum absolute atomic E-state index is 10.9. The number of benzene rings is 2. The van der Waals surface area contributed by atoms with E-state index < -0.39 is 0 Å². The number of hydrogen-bond donors (Lipinski definition) is 1. The first-order valence-corrected chi connectivity index (χ1v) is 8.35. The van der Waals surface area contributed by atoms with Crippen LogP contribution in [0, 0.1) is 5.92 Å². The lowest BCUT2D eigenvalue weighted by Gasteiger charge is -2.38. The fourth-order valence-electron chi connectivity index (χ4n) is 4.43. The van der Waals surface area contributed by atoms with Crippen LogP contribution in [0.4, 0.5) is 0 Å². The van der Waals surface area contributed by atoms with Crippen LogP contribution in [-0.2, 0) is 6.54 Å². The summed E-state index contributed by atoms with van der Waals surface area (Å²) in [6.45, 7) is 0.955. The second-order valence-electron chi connectivity index (χ2n) is 6.73. The van der Waals surface area contributed by atoms with Gasteiger partial charge in [-0.2, -0.15) is 0 Å².